The maximum Gasteiger partial charge on any atom is 0.235 e. The van der Waals surface area contributed by atoms with Crippen molar-refractivity contribution in [1.82, 2.24) is 9.88 Å². The van der Waals surface area contributed by atoms with Gasteiger partial charge >= 0.3 is 0 Å². The van der Waals surface area contributed by atoms with E-state index in [1.165, 1.54) is 25.1 Å². The maximum absolute atomic E-state index is 14.4. The molecule has 41 heavy (non-hydrogen) atoms. The van der Waals surface area contributed by atoms with Gasteiger partial charge in [-0.1, -0.05) is 6.92 Å². The molecule has 2 saturated carbocycles. The van der Waals surface area contributed by atoms with Crippen molar-refractivity contribution in [3.63, 3.8) is 0 Å². The summed E-state index contributed by atoms with van der Waals surface area (Å²) in [5.74, 6) is -10.0. The normalized spacial score (nSPS) is 32.7. The number of nitrogens with zero attached hydrogens (tertiary/aromatic N) is 3. The van der Waals surface area contributed by atoms with Crippen molar-refractivity contribution in [2.45, 2.75) is 43.3 Å². The average Bonchev–Trinajstić information content (AvgIpc) is 2.87. The van der Waals surface area contributed by atoms with Crippen molar-refractivity contribution in [3.05, 3.63) is 47.2 Å². The van der Waals surface area contributed by atoms with Gasteiger partial charge in [-0.3, -0.25) is 33.9 Å². The number of pyridine rings is 1. The van der Waals surface area contributed by atoms with Crippen molar-refractivity contribution in [2.75, 3.05) is 14.1 Å². The Labute approximate surface area is 235 Å². The number of aryl methyl sites for hydroxylation is 1. The van der Waals surface area contributed by atoms with E-state index in [9.17, 15) is 34.3 Å². The Bertz CT molecular complexity index is 1610. The monoisotopic (exact) mass is 558 g/mol. The Morgan fingerprint density at radius 3 is 2.44 bits per heavy atom. The van der Waals surface area contributed by atoms with Crippen LogP contribution in [0.25, 0.3) is 11.3 Å². The minimum atomic E-state index is -2.78. The number of likely N-dealkylation sites (N-methyl/N-ethyl adjacent to an activating group) is 1. The minimum Gasteiger partial charge on any atom is -0.507 e. The molecular weight excluding hydrogens is 528 g/mol. The smallest absolute Gasteiger partial charge is 0.235 e. The fraction of sp³-hybridized carbons (Fsp3) is 0.414. The number of fused-ring (bicyclic) bond motifs is 3. The number of hydrogen-bond acceptors (Lipinski definition) is 11. The number of phenols is 1. The van der Waals surface area contributed by atoms with Crippen molar-refractivity contribution in [1.29, 1.82) is 5.26 Å². The zero-order valence-electron chi connectivity index (χ0n) is 22.8. The van der Waals surface area contributed by atoms with Crippen molar-refractivity contribution < 1.29 is 29.1 Å². The van der Waals surface area contributed by atoms with Crippen LogP contribution in [-0.4, -0.2) is 75.2 Å². The lowest BCUT2D eigenvalue weighted by molar-refractivity contribution is -0.166. The number of benzene rings is 1. The molecule has 212 valence electrons. The molecule has 2 aromatic rings. The van der Waals surface area contributed by atoms with Gasteiger partial charge in [0.15, 0.2) is 34.5 Å². The van der Waals surface area contributed by atoms with Crippen LogP contribution >= 0.6 is 0 Å². The molecule has 0 saturated heterocycles. The van der Waals surface area contributed by atoms with E-state index in [1.54, 1.807) is 18.3 Å². The van der Waals surface area contributed by atoms with Gasteiger partial charge in [0.2, 0.25) is 5.91 Å². The summed E-state index contributed by atoms with van der Waals surface area (Å²) in [6, 6.07) is 6.84. The van der Waals surface area contributed by atoms with Crippen LogP contribution in [0.3, 0.4) is 0 Å². The molecule has 2 unspecified atom stereocenters. The number of Topliss-reactive ketones (excluding diaryl/α,β-unsaturated/α-hetero) is 4. The Hall–Kier alpha value is -4.31. The SMILES string of the molecule is CCc1ccnc(-c2ccc(O)c3c2C[C@@]2(N)C[C@@]4(N)[C@H](N(C)C)C(=O)C(C(N)=O)C(=O)[C@@]4(C#N)C(=O)C2C3=O)c1. The van der Waals surface area contributed by atoms with Gasteiger partial charge in [-0.05, 0) is 68.8 Å². The number of ketones is 4. The fourth-order valence-electron chi connectivity index (χ4n) is 7.29. The summed E-state index contributed by atoms with van der Waals surface area (Å²) < 4.78 is 0. The second-order valence-electron chi connectivity index (χ2n) is 11.5. The van der Waals surface area contributed by atoms with Crippen LogP contribution in [0.5, 0.6) is 5.75 Å². The fourth-order valence-corrected chi connectivity index (χ4v) is 7.29. The number of aromatic hydroxyl groups is 1. The zero-order valence-corrected chi connectivity index (χ0v) is 22.8. The predicted octanol–water partition coefficient (Wildman–Crippen LogP) is -0.567. The lowest BCUT2D eigenvalue weighted by Gasteiger charge is -2.60. The molecule has 1 aromatic heterocycles. The van der Waals surface area contributed by atoms with Gasteiger partial charge in [0.25, 0.3) is 0 Å². The number of carbonyl (C=O) groups is 5. The van der Waals surface area contributed by atoms with Crippen molar-refractivity contribution >= 4 is 29.0 Å². The van der Waals surface area contributed by atoms with E-state index in [0.29, 0.717) is 16.8 Å². The Kier molecular flexibility index (Phi) is 6.27. The molecule has 1 aromatic carbocycles. The number of nitriles is 1. The molecule has 12 nitrogen and oxygen atoms in total. The van der Waals surface area contributed by atoms with E-state index in [4.69, 9.17) is 17.2 Å². The quantitative estimate of drug-likeness (QED) is 0.348. The summed E-state index contributed by atoms with van der Waals surface area (Å²) in [5, 5.41) is 21.3. The molecule has 7 N–H and O–H groups in total. The molecule has 0 spiro atoms. The number of hydrogen-bond donors (Lipinski definition) is 4. The second-order valence-corrected chi connectivity index (χ2v) is 11.5. The van der Waals surface area contributed by atoms with Gasteiger partial charge in [-0.25, -0.2) is 0 Å². The van der Waals surface area contributed by atoms with Crippen LogP contribution in [0, 0.1) is 28.6 Å². The van der Waals surface area contributed by atoms with E-state index in [2.05, 4.69) is 4.98 Å². The lowest BCUT2D eigenvalue weighted by atomic mass is 9.42. The van der Waals surface area contributed by atoms with Crippen LogP contribution in [0.15, 0.2) is 30.5 Å². The maximum atomic E-state index is 14.4. The largest absolute Gasteiger partial charge is 0.507 e. The molecule has 5 rings (SSSR count). The van der Waals surface area contributed by atoms with Crippen LogP contribution in [-0.2, 0) is 32.0 Å². The number of rotatable bonds is 4. The van der Waals surface area contributed by atoms with E-state index < -0.39 is 75.6 Å². The number of nitrogens with two attached hydrogens (primary N) is 3. The van der Waals surface area contributed by atoms with Gasteiger partial charge in [0.1, 0.15) is 11.7 Å². The molecule has 6 atom stereocenters. The molecule has 12 heteroatoms. The van der Waals surface area contributed by atoms with Gasteiger partial charge in [0, 0.05) is 17.3 Å². The summed E-state index contributed by atoms with van der Waals surface area (Å²) in [7, 11) is 2.91. The van der Waals surface area contributed by atoms with Gasteiger partial charge in [-0.15, -0.1) is 0 Å². The molecule has 0 bridgehead atoms. The highest BCUT2D eigenvalue weighted by molar-refractivity contribution is 6.33. The van der Waals surface area contributed by atoms with E-state index in [1.807, 2.05) is 19.1 Å². The Balaban J connectivity index is 1.77. The third-order valence-electron chi connectivity index (χ3n) is 8.98. The van der Waals surface area contributed by atoms with Gasteiger partial charge in [-0.2, -0.15) is 5.26 Å². The first-order valence-electron chi connectivity index (χ1n) is 13.1. The van der Waals surface area contributed by atoms with E-state index in [0.717, 1.165) is 12.0 Å². The standard InChI is InChI=1S/C29H30N6O6/c1-4-13-7-8-34-16(9-13)14-5-6-17(36)18-15(14)10-27(32)11-29(33)23(35(2)3)22(38)19(26(31)41)24(39)28(29,12-30)25(40)20(27)21(18)37/h5-9,19-20,23,36H,4,10-11,32-33H2,1-3H3,(H2,31,41)/t19?,20?,23-,27-,28+,29-/m1/s1. The van der Waals surface area contributed by atoms with Crippen LogP contribution < -0.4 is 17.2 Å². The average molecular weight is 559 g/mol. The molecule has 3 aliphatic rings. The predicted molar refractivity (Wildman–Crippen MR) is 144 cm³/mol. The molecule has 2 fully saturated rings. The third kappa shape index (κ3) is 3.49. The summed E-state index contributed by atoms with van der Waals surface area (Å²) in [5.41, 5.74) is 14.6. The molecule has 0 radical (unpaired) electrons. The molecular formula is C29H30N6O6. The lowest BCUT2D eigenvalue weighted by Crippen LogP contribution is -2.85. The number of amides is 1. The molecule has 1 heterocycles. The number of carbonyl (C=O) groups excluding carboxylic acids is 5. The molecule has 3 aliphatic carbocycles. The molecule has 1 amide bonds. The number of aromatic nitrogens is 1. The summed E-state index contributed by atoms with van der Waals surface area (Å²) in [4.78, 5) is 73.8. The van der Waals surface area contributed by atoms with Crippen molar-refractivity contribution in [2.24, 2.45) is 34.5 Å². The Morgan fingerprint density at radius 2 is 1.85 bits per heavy atom. The third-order valence-corrected chi connectivity index (χ3v) is 8.98. The van der Waals surface area contributed by atoms with Gasteiger partial charge < -0.3 is 22.3 Å². The summed E-state index contributed by atoms with van der Waals surface area (Å²) in [6.07, 6.45) is 1.71. The highest BCUT2D eigenvalue weighted by atomic mass is 16.3. The first-order chi connectivity index (χ1) is 19.2. The topological polar surface area (TPSA) is 224 Å². The van der Waals surface area contributed by atoms with E-state index in [-0.39, 0.29) is 12.0 Å². The zero-order chi connectivity index (χ0) is 30.2. The summed E-state index contributed by atoms with van der Waals surface area (Å²) >= 11 is 0. The van der Waals surface area contributed by atoms with Crippen molar-refractivity contribution in [3.8, 4) is 23.1 Å². The first-order valence-corrected chi connectivity index (χ1v) is 13.1. The molecule has 0 aliphatic heterocycles. The Morgan fingerprint density at radius 1 is 1.17 bits per heavy atom. The first kappa shape index (κ1) is 28.2. The highest BCUT2D eigenvalue weighted by Gasteiger charge is 2.78. The summed E-state index contributed by atoms with van der Waals surface area (Å²) in [6.45, 7) is 1.97. The number of phenolic OH excluding ortho intramolecular Hbond substituents is 1. The van der Waals surface area contributed by atoms with Crippen LogP contribution in [0.2, 0.25) is 0 Å². The minimum absolute atomic E-state index is 0.158. The van der Waals surface area contributed by atoms with E-state index >= 15 is 0 Å². The van der Waals surface area contributed by atoms with Gasteiger partial charge in [0.05, 0.1) is 28.9 Å². The van der Waals surface area contributed by atoms with Crippen LogP contribution in [0.4, 0.5) is 0 Å². The number of primary amides is 1. The second kappa shape index (κ2) is 9.10. The highest BCUT2D eigenvalue weighted by Crippen LogP contribution is 2.56. The van der Waals surface area contributed by atoms with Crippen LogP contribution in [0.1, 0.15) is 34.8 Å².